The highest BCUT2D eigenvalue weighted by Gasteiger charge is 2.32. The molecule has 1 amide bonds. The van der Waals surface area contributed by atoms with Crippen LogP contribution in [0.15, 0.2) is 24.3 Å². The quantitative estimate of drug-likeness (QED) is 0.864. The zero-order chi connectivity index (χ0) is 17.0. The summed E-state index contributed by atoms with van der Waals surface area (Å²) in [6, 6.07) is 8.20. The average molecular weight is 305 g/mol. The molecule has 1 N–H and O–H groups in total. The van der Waals surface area contributed by atoms with E-state index in [1.165, 1.54) is 5.56 Å². The van der Waals surface area contributed by atoms with Crippen LogP contribution in [0.2, 0.25) is 0 Å². The van der Waals surface area contributed by atoms with Gasteiger partial charge in [0.25, 0.3) is 0 Å². The lowest BCUT2D eigenvalue weighted by molar-refractivity contribution is -0.141. The number of aliphatic hydroxyl groups is 1. The molecule has 0 heterocycles. The molecule has 0 aliphatic rings. The molecule has 22 heavy (non-hydrogen) atoms. The number of amides is 1. The van der Waals surface area contributed by atoms with Crippen molar-refractivity contribution in [2.45, 2.75) is 66.7 Å². The van der Waals surface area contributed by atoms with Gasteiger partial charge in [0.1, 0.15) is 0 Å². The van der Waals surface area contributed by atoms with Gasteiger partial charge in [-0.05, 0) is 46.1 Å². The van der Waals surface area contributed by atoms with Crippen molar-refractivity contribution in [1.82, 2.24) is 4.90 Å². The van der Waals surface area contributed by atoms with E-state index in [1.54, 1.807) is 0 Å². The topological polar surface area (TPSA) is 40.5 Å². The molecule has 124 valence electrons. The maximum atomic E-state index is 12.8. The largest absolute Gasteiger partial charge is 0.388 e. The monoisotopic (exact) mass is 305 g/mol. The van der Waals surface area contributed by atoms with Crippen LogP contribution in [-0.2, 0) is 4.79 Å². The molecule has 0 spiro atoms. The number of benzene rings is 1. The molecule has 0 saturated carbocycles. The number of hydrogen-bond donors (Lipinski definition) is 1. The van der Waals surface area contributed by atoms with Crippen LogP contribution in [0.3, 0.4) is 0 Å². The second-order valence-corrected chi connectivity index (χ2v) is 6.94. The fourth-order valence-electron chi connectivity index (χ4n) is 2.91. The van der Waals surface area contributed by atoms with E-state index in [0.29, 0.717) is 0 Å². The Kier molecular flexibility index (Phi) is 6.61. The molecule has 3 atom stereocenters. The molecule has 0 aliphatic heterocycles. The maximum absolute atomic E-state index is 12.8. The smallest absolute Gasteiger partial charge is 0.226 e. The molecule has 0 aromatic heterocycles. The zero-order valence-corrected chi connectivity index (χ0v) is 15.0. The number of aliphatic hydroxyl groups excluding tert-OH is 1. The first-order valence-electron chi connectivity index (χ1n) is 8.23. The highest BCUT2D eigenvalue weighted by molar-refractivity contribution is 5.79. The molecule has 1 aromatic carbocycles. The molecule has 0 unspecified atom stereocenters. The minimum Gasteiger partial charge on any atom is -0.388 e. The van der Waals surface area contributed by atoms with Crippen molar-refractivity contribution in [3.63, 3.8) is 0 Å². The van der Waals surface area contributed by atoms with Gasteiger partial charge < -0.3 is 10.0 Å². The van der Waals surface area contributed by atoms with Gasteiger partial charge in [-0.3, -0.25) is 4.79 Å². The number of carbonyl (C=O) groups excluding carboxylic acids is 1. The van der Waals surface area contributed by atoms with Crippen LogP contribution >= 0.6 is 0 Å². The van der Waals surface area contributed by atoms with Gasteiger partial charge >= 0.3 is 0 Å². The van der Waals surface area contributed by atoms with Gasteiger partial charge in [0.2, 0.25) is 5.91 Å². The highest BCUT2D eigenvalue weighted by Crippen LogP contribution is 2.30. The van der Waals surface area contributed by atoms with Crippen molar-refractivity contribution in [3.05, 3.63) is 35.4 Å². The number of aryl methyl sites for hydroxylation is 1. The van der Waals surface area contributed by atoms with Gasteiger partial charge in [-0.1, -0.05) is 43.7 Å². The van der Waals surface area contributed by atoms with Gasteiger partial charge in [0, 0.05) is 18.0 Å². The van der Waals surface area contributed by atoms with E-state index in [9.17, 15) is 9.90 Å². The summed E-state index contributed by atoms with van der Waals surface area (Å²) < 4.78 is 0. The van der Waals surface area contributed by atoms with Crippen LogP contribution in [0.1, 0.15) is 58.8 Å². The Bertz CT molecular complexity index is 471. The Balaban J connectivity index is 2.88. The highest BCUT2D eigenvalue weighted by atomic mass is 16.3. The zero-order valence-electron chi connectivity index (χ0n) is 15.0. The molecule has 0 saturated heterocycles. The van der Waals surface area contributed by atoms with Crippen molar-refractivity contribution in [3.8, 4) is 0 Å². The van der Waals surface area contributed by atoms with E-state index in [-0.39, 0.29) is 29.8 Å². The van der Waals surface area contributed by atoms with E-state index in [1.807, 2.05) is 77.6 Å². The average Bonchev–Trinajstić information content (AvgIpc) is 2.44. The third kappa shape index (κ3) is 4.33. The predicted octanol–water partition coefficient (Wildman–Crippen LogP) is 3.95. The summed E-state index contributed by atoms with van der Waals surface area (Å²) in [6.45, 7) is 14.0. The summed E-state index contributed by atoms with van der Waals surface area (Å²) in [4.78, 5) is 14.7. The standard InChI is InChI=1S/C19H31NO2/c1-12(2)20(13(3)4)19(22)16(7)15(6)18(21)17-10-8-14(5)9-11-17/h8-13,15-16,18,21H,1-7H3/t15-,16+,18-/m1/s1. The Morgan fingerprint density at radius 3 is 1.82 bits per heavy atom. The molecule has 1 aromatic rings. The molecular formula is C19H31NO2. The molecular weight excluding hydrogens is 274 g/mol. The Hall–Kier alpha value is -1.35. The van der Waals surface area contributed by atoms with Gasteiger partial charge in [0.15, 0.2) is 0 Å². The van der Waals surface area contributed by atoms with Crippen LogP contribution in [0.4, 0.5) is 0 Å². The summed E-state index contributed by atoms with van der Waals surface area (Å²) in [6.07, 6.45) is -0.624. The van der Waals surface area contributed by atoms with Crippen molar-refractivity contribution in [2.75, 3.05) is 0 Å². The van der Waals surface area contributed by atoms with Gasteiger partial charge in [-0.15, -0.1) is 0 Å². The van der Waals surface area contributed by atoms with E-state index in [0.717, 1.165) is 5.56 Å². The SMILES string of the molecule is Cc1ccc([C@H](O)[C@H](C)[C@H](C)C(=O)N(C(C)C)C(C)C)cc1. The molecule has 0 fully saturated rings. The van der Waals surface area contributed by atoms with E-state index in [4.69, 9.17) is 0 Å². The maximum Gasteiger partial charge on any atom is 0.226 e. The first kappa shape index (κ1) is 18.7. The first-order chi connectivity index (χ1) is 10.2. The molecule has 0 bridgehead atoms. The molecule has 3 heteroatoms. The second-order valence-electron chi connectivity index (χ2n) is 6.94. The third-order valence-electron chi connectivity index (χ3n) is 4.46. The molecule has 1 rings (SSSR count). The molecule has 3 nitrogen and oxygen atoms in total. The Morgan fingerprint density at radius 1 is 0.955 bits per heavy atom. The van der Waals surface area contributed by atoms with E-state index in [2.05, 4.69) is 0 Å². The van der Waals surface area contributed by atoms with Crippen LogP contribution in [0.5, 0.6) is 0 Å². The summed E-state index contributed by atoms with van der Waals surface area (Å²) >= 11 is 0. The van der Waals surface area contributed by atoms with Crippen LogP contribution < -0.4 is 0 Å². The van der Waals surface area contributed by atoms with E-state index < -0.39 is 6.10 Å². The third-order valence-corrected chi connectivity index (χ3v) is 4.46. The number of nitrogens with zero attached hydrogens (tertiary/aromatic N) is 1. The summed E-state index contributed by atoms with van der Waals surface area (Å²) in [5.41, 5.74) is 2.04. The predicted molar refractivity (Wildman–Crippen MR) is 91.6 cm³/mol. The van der Waals surface area contributed by atoms with Crippen molar-refractivity contribution < 1.29 is 9.90 Å². The van der Waals surface area contributed by atoms with Crippen molar-refractivity contribution >= 4 is 5.91 Å². The van der Waals surface area contributed by atoms with Crippen LogP contribution in [0, 0.1) is 18.8 Å². The normalized spacial score (nSPS) is 15.7. The Morgan fingerprint density at radius 2 is 1.41 bits per heavy atom. The molecule has 0 aliphatic carbocycles. The number of carbonyl (C=O) groups is 1. The summed E-state index contributed by atoms with van der Waals surface area (Å²) in [5, 5.41) is 10.6. The fourth-order valence-corrected chi connectivity index (χ4v) is 2.91. The van der Waals surface area contributed by atoms with Gasteiger partial charge in [-0.2, -0.15) is 0 Å². The van der Waals surface area contributed by atoms with Gasteiger partial charge in [0.05, 0.1) is 6.10 Å². The minimum atomic E-state index is -0.624. The second kappa shape index (κ2) is 7.77. The first-order valence-corrected chi connectivity index (χ1v) is 8.23. The molecule has 0 radical (unpaired) electrons. The number of hydrogen-bond acceptors (Lipinski definition) is 2. The van der Waals surface area contributed by atoms with Crippen molar-refractivity contribution in [1.29, 1.82) is 0 Å². The fraction of sp³-hybridized carbons (Fsp3) is 0.632. The van der Waals surface area contributed by atoms with Crippen LogP contribution in [-0.4, -0.2) is 28.0 Å². The lowest BCUT2D eigenvalue weighted by Gasteiger charge is -2.35. The lowest BCUT2D eigenvalue weighted by Crippen LogP contribution is -2.46. The lowest BCUT2D eigenvalue weighted by atomic mass is 9.85. The van der Waals surface area contributed by atoms with Crippen molar-refractivity contribution in [2.24, 2.45) is 11.8 Å². The number of rotatable bonds is 6. The van der Waals surface area contributed by atoms with E-state index >= 15 is 0 Å². The van der Waals surface area contributed by atoms with Gasteiger partial charge in [-0.25, -0.2) is 0 Å². The summed E-state index contributed by atoms with van der Waals surface area (Å²) in [7, 11) is 0. The summed E-state index contributed by atoms with van der Waals surface area (Å²) in [5.74, 6) is -0.236. The van der Waals surface area contributed by atoms with Crippen LogP contribution in [0.25, 0.3) is 0 Å². The minimum absolute atomic E-state index is 0.115. The Labute approximate surface area is 135 Å².